The number of hydroxylamine groups is 2. The van der Waals surface area contributed by atoms with Gasteiger partial charge in [0.1, 0.15) is 12.4 Å². The van der Waals surface area contributed by atoms with Crippen LogP contribution in [0.5, 0.6) is 0 Å². The zero-order chi connectivity index (χ0) is 25.5. The van der Waals surface area contributed by atoms with E-state index >= 15 is 0 Å². The van der Waals surface area contributed by atoms with E-state index in [4.69, 9.17) is 0 Å². The fraction of sp³-hybridized carbons (Fsp3) is 0.174. The smallest absolute Gasteiger partial charge is 0.292 e. The van der Waals surface area contributed by atoms with E-state index in [1.807, 2.05) is 0 Å². The third kappa shape index (κ3) is 6.96. The number of amides is 4. The van der Waals surface area contributed by atoms with Crippen LogP contribution in [0.4, 0.5) is 22.7 Å². The summed E-state index contributed by atoms with van der Waals surface area (Å²) >= 11 is 0. The van der Waals surface area contributed by atoms with E-state index in [9.17, 15) is 29.6 Å². The van der Waals surface area contributed by atoms with Crippen molar-refractivity contribution in [3.8, 4) is 0 Å². The molecule has 0 atom stereocenters. The van der Waals surface area contributed by atoms with Crippen molar-refractivity contribution >= 4 is 46.4 Å². The van der Waals surface area contributed by atoms with Crippen LogP contribution in [-0.4, -0.2) is 38.6 Å². The Hall–Kier alpha value is -4.55. The van der Waals surface area contributed by atoms with Gasteiger partial charge < -0.3 is 10.6 Å². The molecular weight excluding hydrogens is 456 g/mol. The average Bonchev–Trinajstić information content (AvgIpc) is 3.24. The Kier molecular flexibility index (Phi) is 7.92. The van der Waals surface area contributed by atoms with Crippen LogP contribution in [0.3, 0.4) is 0 Å². The summed E-state index contributed by atoms with van der Waals surface area (Å²) in [5.74, 6) is -1.74. The van der Waals surface area contributed by atoms with Crippen molar-refractivity contribution in [2.75, 3.05) is 20.8 Å². The first-order valence-electron chi connectivity index (χ1n) is 10.5. The molecule has 0 saturated heterocycles. The second-order valence-corrected chi connectivity index (χ2v) is 7.63. The highest BCUT2D eigenvalue weighted by molar-refractivity contribution is 5.93. The molecule has 35 heavy (non-hydrogen) atoms. The summed E-state index contributed by atoms with van der Waals surface area (Å²) in [4.78, 5) is 47.0. The number of rotatable bonds is 8. The lowest BCUT2D eigenvalue weighted by molar-refractivity contribution is -0.683. The number of carbonyl (C=O) groups is 4. The first-order chi connectivity index (χ1) is 16.6. The number of imidazole rings is 1. The number of nitrogens with zero attached hydrogens (tertiary/aromatic N) is 4. The molecule has 1 aromatic heterocycles. The molecule has 0 aliphatic rings. The molecule has 4 amide bonds. The number of nitrogens with one attached hydrogen (secondary N) is 2. The van der Waals surface area contributed by atoms with Crippen LogP contribution >= 0.6 is 0 Å². The molecule has 0 fully saturated rings. The Bertz CT molecular complexity index is 1130. The second kappa shape index (κ2) is 11.0. The predicted octanol–water partition coefficient (Wildman–Crippen LogP) is 1.54. The Morgan fingerprint density at radius 3 is 1.71 bits per heavy atom. The zero-order valence-corrected chi connectivity index (χ0v) is 19.1. The van der Waals surface area contributed by atoms with E-state index in [2.05, 4.69) is 10.6 Å². The van der Waals surface area contributed by atoms with Gasteiger partial charge in [-0.3, -0.25) is 29.6 Å². The predicted molar refractivity (Wildman–Crippen MR) is 125 cm³/mol. The maximum absolute atomic E-state index is 12.4. The normalized spacial score (nSPS) is 10.4. The van der Waals surface area contributed by atoms with E-state index < -0.39 is 11.8 Å². The molecular formula is C23H25N6O6+. The number of hydrogen-bond donors (Lipinski definition) is 4. The molecule has 182 valence electrons. The number of benzene rings is 2. The molecule has 3 aromatic rings. The van der Waals surface area contributed by atoms with Gasteiger partial charge in [-0.15, -0.1) is 0 Å². The highest BCUT2D eigenvalue weighted by Crippen LogP contribution is 2.18. The van der Waals surface area contributed by atoms with Crippen LogP contribution in [0.1, 0.15) is 13.8 Å². The van der Waals surface area contributed by atoms with Crippen molar-refractivity contribution < 1.29 is 34.2 Å². The number of anilines is 4. The van der Waals surface area contributed by atoms with Crippen molar-refractivity contribution in [2.24, 2.45) is 0 Å². The first-order valence-corrected chi connectivity index (χ1v) is 10.5. The molecule has 12 nitrogen and oxygen atoms in total. The van der Waals surface area contributed by atoms with Crippen LogP contribution in [0, 0.1) is 0 Å². The second-order valence-electron chi connectivity index (χ2n) is 7.63. The summed E-state index contributed by atoms with van der Waals surface area (Å²) in [6.45, 7) is 2.33. The van der Waals surface area contributed by atoms with Crippen molar-refractivity contribution in [1.82, 2.24) is 4.57 Å². The molecule has 0 bridgehead atoms. The van der Waals surface area contributed by atoms with Gasteiger partial charge in [0.25, 0.3) is 11.8 Å². The van der Waals surface area contributed by atoms with Gasteiger partial charge in [-0.05, 0) is 48.5 Å². The molecule has 3 rings (SSSR count). The summed E-state index contributed by atoms with van der Waals surface area (Å²) in [5, 5.41) is 26.6. The highest BCUT2D eigenvalue weighted by atomic mass is 16.5. The molecule has 12 heteroatoms. The van der Waals surface area contributed by atoms with Crippen molar-refractivity contribution in [1.29, 1.82) is 0 Å². The van der Waals surface area contributed by atoms with Gasteiger partial charge in [0.2, 0.25) is 18.1 Å². The minimum atomic E-state index is -0.630. The van der Waals surface area contributed by atoms with Crippen LogP contribution in [0.25, 0.3) is 0 Å². The number of aromatic nitrogens is 2. The third-order valence-electron chi connectivity index (χ3n) is 4.72. The van der Waals surface area contributed by atoms with E-state index in [1.165, 1.54) is 53.6 Å². The highest BCUT2D eigenvalue weighted by Gasteiger charge is 2.20. The van der Waals surface area contributed by atoms with Crippen LogP contribution in [0.2, 0.25) is 0 Å². The fourth-order valence-corrected chi connectivity index (χ4v) is 3.14. The number of hydrogen-bond acceptors (Lipinski definition) is 6. The van der Waals surface area contributed by atoms with Gasteiger partial charge in [-0.1, -0.05) is 0 Å². The topological polar surface area (TPSA) is 148 Å². The summed E-state index contributed by atoms with van der Waals surface area (Å²) in [6, 6.07) is 12.1. The maximum atomic E-state index is 12.4. The Labute approximate surface area is 200 Å². The van der Waals surface area contributed by atoms with E-state index in [0.29, 0.717) is 21.5 Å². The largest absolute Gasteiger partial charge is 0.326 e. The van der Waals surface area contributed by atoms with Crippen molar-refractivity contribution in [2.45, 2.75) is 26.9 Å². The van der Waals surface area contributed by atoms with Crippen LogP contribution in [0.15, 0.2) is 67.3 Å². The van der Waals surface area contributed by atoms with Gasteiger partial charge >= 0.3 is 0 Å². The SMILES string of the molecule is CC(=O)Nc1ccc(N(O)C(=O)Cn2cc[n+](CC(=O)N(O)c3ccc(NC(C)=O)cc3)c2)cc1. The zero-order valence-electron chi connectivity index (χ0n) is 19.1. The minimum absolute atomic E-state index is 0.210. The molecule has 0 unspecified atom stereocenters. The molecule has 0 aliphatic carbocycles. The van der Waals surface area contributed by atoms with Crippen molar-refractivity contribution in [3.05, 3.63) is 67.3 Å². The summed E-state index contributed by atoms with van der Waals surface area (Å²) in [7, 11) is 0. The molecule has 0 spiro atoms. The summed E-state index contributed by atoms with van der Waals surface area (Å²) in [5.41, 5.74) is 1.50. The minimum Gasteiger partial charge on any atom is -0.326 e. The quantitative estimate of drug-likeness (QED) is 0.218. The van der Waals surface area contributed by atoms with Gasteiger partial charge in [-0.25, -0.2) is 9.13 Å². The van der Waals surface area contributed by atoms with Crippen LogP contribution < -0.4 is 25.3 Å². The lowest BCUT2D eigenvalue weighted by Crippen LogP contribution is -2.42. The standard InChI is InChI=1S/C23H24N6O6/c1-16(30)24-18-3-7-20(8-4-18)28(34)22(32)13-26-11-12-27(15-26)14-23(33)29(35)21-9-5-19(6-10-21)25-17(2)31/h3-12,15,34-35H,13-14H2,1-2H3,(H-,24,25,30,31)/p+1. The Morgan fingerprint density at radius 2 is 1.26 bits per heavy atom. The molecule has 4 N–H and O–H groups in total. The summed E-state index contributed by atoms with van der Waals surface area (Å²) < 4.78 is 2.93. The lowest BCUT2D eigenvalue weighted by Gasteiger charge is -2.14. The third-order valence-corrected chi connectivity index (χ3v) is 4.72. The molecule has 0 aliphatic heterocycles. The van der Waals surface area contributed by atoms with E-state index in [-0.39, 0.29) is 36.3 Å². The first kappa shape index (κ1) is 25.1. The Morgan fingerprint density at radius 1 is 0.800 bits per heavy atom. The van der Waals surface area contributed by atoms with Gasteiger partial charge in [-0.2, -0.15) is 10.1 Å². The molecule has 2 aromatic carbocycles. The van der Waals surface area contributed by atoms with Gasteiger partial charge in [0.05, 0.1) is 11.4 Å². The van der Waals surface area contributed by atoms with E-state index in [0.717, 1.165) is 0 Å². The monoisotopic (exact) mass is 481 g/mol. The molecule has 0 saturated carbocycles. The Balaban J connectivity index is 1.56. The van der Waals surface area contributed by atoms with Gasteiger partial charge in [0, 0.05) is 25.2 Å². The lowest BCUT2D eigenvalue weighted by atomic mass is 10.2. The van der Waals surface area contributed by atoms with Crippen molar-refractivity contribution in [3.63, 3.8) is 0 Å². The molecule has 0 radical (unpaired) electrons. The summed E-state index contributed by atoms with van der Waals surface area (Å²) in [6.07, 6.45) is 4.57. The fourth-order valence-electron chi connectivity index (χ4n) is 3.14. The molecule has 1 heterocycles. The maximum Gasteiger partial charge on any atom is 0.292 e. The van der Waals surface area contributed by atoms with Gasteiger partial charge in [0.15, 0.2) is 13.1 Å². The van der Waals surface area contributed by atoms with Crippen LogP contribution in [-0.2, 0) is 32.3 Å². The van der Waals surface area contributed by atoms with E-state index in [1.54, 1.807) is 36.7 Å². The number of carbonyl (C=O) groups excluding carboxylic acids is 4. The average molecular weight is 481 g/mol.